The van der Waals surface area contributed by atoms with Crippen LogP contribution in [0.15, 0.2) is 109 Å². The number of amides is 2. The minimum Gasteiger partial charge on any atom is -0.495 e. The van der Waals surface area contributed by atoms with E-state index in [1.54, 1.807) is 38.1 Å². The number of aliphatic carboxylic acids is 1. The number of rotatable bonds is 22. The van der Waals surface area contributed by atoms with Crippen LogP contribution in [-0.4, -0.2) is 94.1 Å². The van der Waals surface area contributed by atoms with E-state index in [1.807, 2.05) is 68.4 Å². The molecule has 4 aromatic carbocycles. The monoisotopic (exact) mass is 1000 g/mol. The topological polar surface area (TPSA) is 213 Å². The predicted molar refractivity (Wildman–Crippen MR) is 265 cm³/mol. The number of halogens is 1. The number of esters is 2. The Balaban J connectivity index is 0.000000262. The van der Waals surface area contributed by atoms with Crippen molar-refractivity contribution < 1.29 is 61.2 Å². The van der Waals surface area contributed by atoms with E-state index < -0.39 is 63.2 Å². The highest BCUT2D eigenvalue weighted by molar-refractivity contribution is 7.90. The zero-order chi connectivity index (χ0) is 51.2. The number of carbonyl (C=O) groups is 5. The van der Waals surface area contributed by atoms with E-state index >= 15 is 0 Å². The largest absolute Gasteiger partial charge is 0.495 e. The van der Waals surface area contributed by atoms with Gasteiger partial charge in [-0.05, 0) is 96.5 Å². The number of hydrogen-bond donors (Lipinski definition) is 3. The van der Waals surface area contributed by atoms with Gasteiger partial charge in [0.05, 0.1) is 23.7 Å². The van der Waals surface area contributed by atoms with Gasteiger partial charge in [-0.1, -0.05) is 123 Å². The number of ether oxygens (including phenoxy) is 5. The van der Waals surface area contributed by atoms with Crippen molar-refractivity contribution >= 4 is 51.3 Å². The van der Waals surface area contributed by atoms with Crippen LogP contribution in [0.5, 0.6) is 5.75 Å². The normalized spacial score (nSPS) is 16.4. The maximum absolute atomic E-state index is 12.6. The van der Waals surface area contributed by atoms with Gasteiger partial charge in [0, 0.05) is 25.1 Å². The fourth-order valence-electron chi connectivity index (χ4n) is 7.86. The summed E-state index contributed by atoms with van der Waals surface area (Å²) >= 11 is 6.17. The molecular weight excluding hydrogens is 940 g/mol. The molecule has 2 aliphatic rings. The number of hydrogen-bond acceptors (Lipinski definition) is 12. The van der Waals surface area contributed by atoms with Crippen LogP contribution in [0.25, 0.3) is 11.1 Å². The number of sulfone groups is 1. The average molecular weight is 1000 g/mol. The number of fused-ring (bicyclic) bond motifs is 3. The van der Waals surface area contributed by atoms with Gasteiger partial charge in [-0.3, -0.25) is 9.59 Å². The van der Waals surface area contributed by atoms with Crippen LogP contribution in [-0.2, 0) is 54.4 Å². The van der Waals surface area contributed by atoms with Crippen LogP contribution in [0.3, 0.4) is 0 Å². The van der Waals surface area contributed by atoms with E-state index in [2.05, 4.69) is 41.8 Å². The molecule has 1 aliphatic carbocycles. The summed E-state index contributed by atoms with van der Waals surface area (Å²) in [7, 11) is -2.05. The van der Waals surface area contributed by atoms with Crippen molar-refractivity contribution in [2.24, 2.45) is 17.3 Å². The van der Waals surface area contributed by atoms with Crippen LogP contribution < -0.4 is 15.4 Å². The molecule has 376 valence electrons. The predicted octanol–water partition coefficient (Wildman–Crippen LogP) is 8.63. The van der Waals surface area contributed by atoms with Gasteiger partial charge in [-0.15, -0.1) is 0 Å². The van der Waals surface area contributed by atoms with Gasteiger partial charge in [-0.25, -0.2) is 22.8 Å². The molecule has 70 heavy (non-hydrogen) atoms. The number of epoxide rings is 1. The molecule has 2 amide bonds. The Labute approximate surface area is 415 Å². The number of carbonyl (C=O) groups excluding carboxylic acids is 4. The Morgan fingerprint density at radius 2 is 1.51 bits per heavy atom. The first-order valence-electron chi connectivity index (χ1n) is 23.0. The van der Waals surface area contributed by atoms with E-state index in [9.17, 15) is 37.5 Å². The third-order valence-corrected chi connectivity index (χ3v) is 12.6. The molecule has 0 radical (unpaired) electrons. The zero-order valence-electron chi connectivity index (χ0n) is 40.5. The van der Waals surface area contributed by atoms with E-state index in [1.165, 1.54) is 18.7 Å². The summed E-state index contributed by atoms with van der Waals surface area (Å²) in [5.74, 6) is -3.21. The summed E-state index contributed by atoms with van der Waals surface area (Å²) in [5.41, 5.74) is 5.20. The number of alkyl carbamates (subject to hydrolysis) is 1. The number of nitrogens with one attached hydrogen (secondary N) is 2. The van der Waals surface area contributed by atoms with Gasteiger partial charge in [0.15, 0.2) is 21.9 Å². The van der Waals surface area contributed by atoms with Crippen LogP contribution in [0.1, 0.15) is 88.2 Å². The molecule has 1 saturated heterocycles. The minimum absolute atomic E-state index is 0.0451. The Morgan fingerprint density at radius 1 is 0.886 bits per heavy atom. The minimum atomic E-state index is -3.54. The van der Waals surface area contributed by atoms with Crippen LogP contribution in [0.4, 0.5) is 4.79 Å². The van der Waals surface area contributed by atoms with E-state index in [0.717, 1.165) is 34.9 Å². The molecule has 1 fully saturated rings. The van der Waals surface area contributed by atoms with E-state index in [4.69, 9.17) is 35.3 Å². The first-order valence-corrected chi connectivity index (χ1v) is 25.5. The molecule has 0 bridgehead atoms. The lowest BCUT2D eigenvalue weighted by molar-refractivity contribution is -0.171. The van der Waals surface area contributed by atoms with E-state index in [0.29, 0.717) is 28.7 Å². The molecule has 0 spiro atoms. The van der Waals surface area contributed by atoms with Crippen LogP contribution in [0.2, 0.25) is 5.02 Å². The smallest absolute Gasteiger partial charge is 0.407 e. The summed E-state index contributed by atoms with van der Waals surface area (Å²) in [5, 5.41) is 14.9. The zero-order valence-corrected chi connectivity index (χ0v) is 42.1. The first-order chi connectivity index (χ1) is 33.2. The first kappa shape index (κ1) is 54.7. The SMILES string of the molecule is CC(C)C[C@H](OC(=O)C(C)(C)CNC(=O)OCC1c2ccccc2-c2ccccc21)C(=O)O.COc1ccc(C[C@@H](NC(=O)/C=C/CC[C@H](C)[C@H]2O[C@@H]2c2ccccc2)C(=O)OCS(C)(=O)=O)cc1Cl. The highest BCUT2D eigenvalue weighted by atomic mass is 35.5. The molecule has 15 nitrogen and oxygen atoms in total. The summed E-state index contributed by atoms with van der Waals surface area (Å²) in [6.45, 7) is 9.13. The van der Waals surface area contributed by atoms with Crippen molar-refractivity contribution in [1.82, 2.24) is 10.6 Å². The molecular formula is C53H63ClN2O13S. The third-order valence-electron chi connectivity index (χ3n) is 11.7. The van der Waals surface area contributed by atoms with Gasteiger partial charge < -0.3 is 39.4 Å². The molecule has 5 atom stereocenters. The lowest BCUT2D eigenvalue weighted by atomic mass is 9.93. The highest BCUT2D eigenvalue weighted by Crippen LogP contribution is 2.45. The van der Waals surface area contributed by atoms with Gasteiger partial charge in [0.2, 0.25) is 5.91 Å². The fourth-order valence-corrected chi connectivity index (χ4v) is 8.47. The van der Waals surface area contributed by atoms with Gasteiger partial charge in [0.25, 0.3) is 0 Å². The number of allylic oxidation sites excluding steroid dienone is 1. The van der Waals surface area contributed by atoms with Crippen molar-refractivity contribution in [3.63, 3.8) is 0 Å². The maximum atomic E-state index is 12.6. The molecule has 1 heterocycles. The van der Waals surface area contributed by atoms with Gasteiger partial charge >= 0.3 is 24.0 Å². The Kier molecular flexibility index (Phi) is 19.6. The van der Waals surface area contributed by atoms with Crippen LogP contribution >= 0.6 is 11.6 Å². The lowest BCUT2D eigenvalue weighted by Crippen LogP contribution is -2.43. The lowest BCUT2D eigenvalue weighted by Gasteiger charge is -2.25. The Bertz CT molecular complexity index is 2560. The van der Waals surface area contributed by atoms with Crippen LogP contribution in [0, 0.1) is 17.3 Å². The molecule has 1 aliphatic heterocycles. The van der Waals surface area contributed by atoms with Gasteiger partial charge in [0.1, 0.15) is 24.5 Å². The molecule has 0 aromatic heterocycles. The third kappa shape index (κ3) is 16.2. The summed E-state index contributed by atoms with van der Waals surface area (Å²) in [4.78, 5) is 61.4. The van der Waals surface area contributed by atoms with Gasteiger partial charge in [-0.2, -0.15) is 0 Å². The number of methoxy groups -OCH3 is 1. The fraction of sp³-hybridized carbons (Fsp3) is 0.415. The standard InChI is InChI=1S/C27H32ClNO7S.C26H31NO6/c1-18(25-26(36-25)20-10-5-4-6-11-20)9-7-8-12-24(30)29-22(27(31)35-17-37(3,32)33)16-19-13-14-23(34-2)21(28)15-19;1-16(2)13-22(23(28)29)33-24(30)26(3,4)15-27-25(31)32-14-21-19-11-7-5-9-17(19)18-10-6-8-12-20(18)21/h4-6,8,10-15,18,22,25-26H,7,9,16-17H2,1-3H3,(H,29,30);5-12,16,21-22H,13-15H2,1-4H3,(H,27,31)(H,28,29)/b12-8+;/t18-,22+,25+,26+;22-/m00/s1. The van der Waals surface area contributed by atoms with Crippen molar-refractivity contribution in [1.29, 1.82) is 0 Å². The average Bonchev–Trinajstić information content (AvgIpc) is 4.07. The molecule has 0 unspecified atom stereocenters. The molecule has 3 N–H and O–H groups in total. The summed E-state index contributed by atoms with van der Waals surface area (Å²) in [6, 6.07) is 30.0. The molecule has 4 aromatic rings. The maximum Gasteiger partial charge on any atom is 0.407 e. The number of carboxylic acids is 1. The number of carboxylic acid groups (broad SMARTS) is 1. The number of benzene rings is 4. The second-order valence-corrected chi connectivity index (χ2v) is 21.0. The second-order valence-electron chi connectivity index (χ2n) is 18.6. The van der Waals surface area contributed by atoms with Crippen molar-refractivity contribution in [2.75, 3.05) is 32.5 Å². The Morgan fingerprint density at radius 3 is 2.10 bits per heavy atom. The van der Waals surface area contributed by atoms with Crippen molar-refractivity contribution in [2.45, 2.75) is 90.6 Å². The Hall–Kier alpha value is -6.23. The highest BCUT2D eigenvalue weighted by Gasteiger charge is 2.43. The summed E-state index contributed by atoms with van der Waals surface area (Å²) in [6.07, 6.45) is 4.26. The van der Waals surface area contributed by atoms with Crippen molar-refractivity contribution in [3.05, 3.63) is 136 Å². The summed E-state index contributed by atoms with van der Waals surface area (Å²) < 4.78 is 49.4. The van der Waals surface area contributed by atoms with Crippen molar-refractivity contribution in [3.8, 4) is 16.9 Å². The van der Waals surface area contributed by atoms with E-state index in [-0.39, 0.29) is 50.0 Å². The quantitative estimate of drug-likeness (QED) is 0.0292. The molecule has 17 heteroatoms. The second kappa shape index (κ2) is 25.1. The molecule has 0 saturated carbocycles. The molecule has 6 rings (SSSR count).